The van der Waals surface area contributed by atoms with Crippen LogP contribution in [0.5, 0.6) is 5.75 Å². The van der Waals surface area contributed by atoms with Crippen LogP contribution in [0.2, 0.25) is 10.0 Å². The summed E-state index contributed by atoms with van der Waals surface area (Å²) < 4.78 is 5.24. The average Bonchev–Trinajstić information content (AvgIpc) is 2.44. The van der Waals surface area contributed by atoms with E-state index >= 15 is 0 Å². The van der Waals surface area contributed by atoms with Gasteiger partial charge in [-0.15, -0.1) is 0 Å². The van der Waals surface area contributed by atoms with Gasteiger partial charge in [0, 0.05) is 0 Å². The summed E-state index contributed by atoms with van der Waals surface area (Å²) in [4.78, 5) is 0. The van der Waals surface area contributed by atoms with Crippen LogP contribution in [0.3, 0.4) is 0 Å². The molecule has 0 bridgehead atoms. The molecule has 0 unspecified atom stereocenters. The molecule has 0 aliphatic rings. The lowest BCUT2D eigenvalue weighted by molar-refractivity contribution is 0.417. The molecule has 0 aliphatic carbocycles. The number of rotatable bonds is 3. The number of para-hydroxylation sites is 2. The summed E-state index contributed by atoms with van der Waals surface area (Å²) in [7, 11) is 1.60. The first-order valence-electron chi connectivity index (χ1n) is 5.77. The van der Waals surface area contributed by atoms with E-state index in [9.17, 15) is 0 Å². The second-order valence-electron chi connectivity index (χ2n) is 3.88. The maximum Gasteiger partial charge on any atom is 0.175 e. The third-order valence-electron chi connectivity index (χ3n) is 2.55. The zero-order valence-corrected chi connectivity index (χ0v) is 12.9. The Bertz CT molecular complexity index is 634. The van der Waals surface area contributed by atoms with Crippen LogP contribution in [0.25, 0.3) is 0 Å². The zero-order valence-electron chi connectivity index (χ0n) is 10.6. The Morgan fingerprint density at radius 2 is 1.65 bits per heavy atom. The number of anilines is 2. The Balaban J connectivity index is 2.11. The van der Waals surface area contributed by atoms with Crippen molar-refractivity contribution in [1.82, 2.24) is 0 Å². The summed E-state index contributed by atoms with van der Waals surface area (Å²) >= 11 is 17.3. The van der Waals surface area contributed by atoms with Crippen molar-refractivity contribution in [2.45, 2.75) is 0 Å². The van der Waals surface area contributed by atoms with Gasteiger partial charge < -0.3 is 15.4 Å². The minimum absolute atomic E-state index is 0.402. The Kier molecular flexibility index (Phi) is 5.06. The van der Waals surface area contributed by atoms with Crippen molar-refractivity contribution in [2.24, 2.45) is 0 Å². The number of ether oxygens (including phenoxy) is 1. The van der Waals surface area contributed by atoms with E-state index in [1.807, 2.05) is 24.3 Å². The second-order valence-corrected chi connectivity index (χ2v) is 5.07. The number of nitrogens with one attached hydrogen (secondary N) is 2. The molecular formula is C14H12Cl2N2OS. The van der Waals surface area contributed by atoms with Gasteiger partial charge in [-0.1, -0.05) is 41.4 Å². The van der Waals surface area contributed by atoms with Gasteiger partial charge in [0.25, 0.3) is 0 Å². The Morgan fingerprint density at radius 1 is 1.00 bits per heavy atom. The summed E-state index contributed by atoms with van der Waals surface area (Å²) in [5.41, 5.74) is 1.41. The predicted octanol–water partition coefficient (Wildman–Crippen LogP) is 4.81. The van der Waals surface area contributed by atoms with E-state index in [4.69, 9.17) is 40.2 Å². The van der Waals surface area contributed by atoms with Crippen molar-refractivity contribution in [1.29, 1.82) is 0 Å². The highest BCUT2D eigenvalue weighted by Gasteiger charge is 2.07. The largest absolute Gasteiger partial charge is 0.495 e. The van der Waals surface area contributed by atoms with Crippen LogP contribution in [0, 0.1) is 0 Å². The zero-order chi connectivity index (χ0) is 14.5. The first-order valence-corrected chi connectivity index (χ1v) is 6.93. The highest BCUT2D eigenvalue weighted by atomic mass is 35.5. The fourth-order valence-electron chi connectivity index (χ4n) is 1.62. The van der Waals surface area contributed by atoms with Crippen molar-refractivity contribution >= 4 is 51.9 Å². The van der Waals surface area contributed by atoms with Crippen LogP contribution in [0.4, 0.5) is 11.4 Å². The van der Waals surface area contributed by atoms with E-state index in [1.165, 1.54) is 0 Å². The molecule has 0 fully saturated rings. The summed E-state index contributed by atoms with van der Waals surface area (Å²) in [6.07, 6.45) is 0. The minimum Gasteiger partial charge on any atom is -0.495 e. The number of hydrogen-bond donors (Lipinski definition) is 2. The molecule has 0 amide bonds. The summed E-state index contributed by atoms with van der Waals surface area (Å²) in [5.74, 6) is 0.703. The van der Waals surface area contributed by atoms with Gasteiger partial charge in [-0.3, -0.25) is 0 Å². The standard InChI is InChI=1S/C14H12Cl2N2OS/c1-19-12-8-3-2-6-10(12)17-14(20)18-11-7-4-5-9(15)13(11)16/h2-8H,1H3,(H2,17,18,20). The fourth-order valence-corrected chi connectivity index (χ4v) is 2.19. The van der Waals surface area contributed by atoms with Gasteiger partial charge in [0.15, 0.2) is 5.11 Å². The first-order chi connectivity index (χ1) is 9.61. The molecule has 0 atom stereocenters. The van der Waals surface area contributed by atoms with E-state index in [0.717, 1.165) is 5.69 Å². The van der Waals surface area contributed by atoms with Crippen LogP contribution in [0.15, 0.2) is 42.5 Å². The lowest BCUT2D eigenvalue weighted by Crippen LogP contribution is -2.19. The van der Waals surface area contributed by atoms with Gasteiger partial charge in [-0.2, -0.15) is 0 Å². The van der Waals surface area contributed by atoms with Crippen LogP contribution in [-0.4, -0.2) is 12.2 Å². The molecule has 0 aliphatic heterocycles. The molecule has 0 radical (unpaired) electrons. The SMILES string of the molecule is COc1ccccc1NC(=S)Nc1cccc(Cl)c1Cl. The predicted molar refractivity (Wildman–Crippen MR) is 89.3 cm³/mol. The third kappa shape index (κ3) is 3.54. The third-order valence-corrected chi connectivity index (χ3v) is 3.58. The molecule has 0 heterocycles. The highest BCUT2D eigenvalue weighted by molar-refractivity contribution is 7.80. The molecule has 0 saturated heterocycles. The average molecular weight is 327 g/mol. The van der Waals surface area contributed by atoms with Gasteiger partial charge in [-0.05, 0) is 36.5 Å². The Labute approximate surface area is 132 Å². The number of benzene rings is 2. The number of halogens is 2. The topological polar surface area (TPSA) is 33.3 Å². The molecule has 0 aromatic heterocycles. The molecule has 2 N–H and O–H groups in total. The van der Waals surface area contributed by atoms with Crippen LogP contribution in [-0.2, 0) is 0 Å². The Hall–Kier alpha value is -1.49. The summed E-state index contributed by atoms with van der Waals surface area (Å²) in [6, 6.07) is 12.8. The van der Waals surface area contributed by atoms with Crippen molar-refractivity contribution in [3.63, 3.8) is 0 Å². The smallest absolute Gasteiger partial charge is 0.175 e. The quantitative estimate of drug-likeness (QED) is 0.793. The summed E-state index contributed by atoms with van der Waals surface area (Å²) in [6.45, 7) is 0. The van der Waals surface area contributed by atoms with Crippen LogP contribution >= 0.6 is 35.4 Å². The van der Waals surface area contributed by atoms with Gasteiger partial charge in [0.1, 0.15) is 5.75 Å². The highest BCUT2D eigenvalue weighted by Crippen LogP contribution is 2.30. The molecule has 6 heteroatoms. The normalized spacial score (nSPS) is 9.95. The molecule has 2 rings (SSSR count). The van der Waals surface area contributed by atoms with Gasteiger partial charge in [-0.25, -0.2) is 0 Å². The Morgan fingerprint density at radius 3 is 2.40 bits per heavy atom. The summed E-state index contributed by atoms with van der Waals surface area (Å²) in [5, 5.41) is 7.35. The monoisotopic (exact) mass is 326 g/mol. The van der Waals surface area contributed by atoms with Gasteiger partial charge >= 0.3 is 0 Å². The number of methoxy groups -OCH3 is 1. The maximum absolute atomic E-state index is 6.09. The molecular weight excluding hydrogens is 315 g/mol. The van der Waals surface area contributed by atoms with Crippen molar-refractivity contribution in [3.05, 3.63) is 52.5 Å². The van der Waals surface area contributed by atoms with Crippen molar-refractivity contribution in [2.75, 3.05) is 17.7 Å². The molecule has 0 saturated carbocycles. The first kappa shape index (κ1) is 14.9. The lowest BCUT2D eigenvalue weighted by Gasteiger charge is -2.14. The molecule has 0 spiro atoms. The lowest BCUT2D eigenvalue weighted by atomic mass is 10.3. The second kappa shape index (κ2) is 6.79. The van der Waals surface area contributed by atoms with Crippen molar-refractivity contribution < 1.29 is 4.74 Å². The molecule has 104 valence electrons. The van der Waals surface area contributed by atoms with E-state index in [1.54, 1.807) is 25.3 Å². The number of thiocarbonyl (C=S) groups is 1. The van der Waals surface area contributed by atoms with E-state index < -0.39 is 0 Å². The molecule has 2 aromatic rings. The maximum atomic E-state index is 6.09. The van der Waals surface area contributed by atoms with E-state index in [2.05, 4.69) is 10.6 Å². The van der Waals surface area contributed by atoms with Gasteiger partial charge in [0.2, 0.25) is 0 Å². The van der Waals surface area contributed by atoms with Gasteiger partial charge in [0.05, 0.1) is 28.5 Å². The van der Waals surface area contributed by atoms with E-state index in [0.29, 0.717) is 26.6 Å². The van der Waals surface area contributed by atoms with Crippen LogP contribution in [0.1, 0.15) is 0 Å². The van der Waals surface area contributed by atoms with E-state index in [-0.39, 0.29) is 0 Å². The molecule has 3 nitrogen and oxygen atoms in total. The molecule has 2 aromatic carbocycles. The molecule has 20 heavy (non-hydrogen) atoms. The fraction of sp³-hybridized carbons (Fsp3) is 0.0714. The van der Waals surface area contributed by atoms with Crippen molar-refractivity contribution in [3.8, 4) is 5.75 Å². The number of hydrogen-bond acceptors (Lipinski definition) is 2. The van der Waals surface area contributed by atoms with Crippen LogP contribution < -0.4 is 15.4 Å². The minimum atomic E-state index is 0.402.